The van der Waals surface area contributed by atoms with Crippen molar-refractivity contribution in [3.05, 3.63) is 35.4 Å². The van der Waals surface area contributed by atoms with Gasteiger partial charge in [-0.1, -0.05) is 24.3 Å². The monoisotopic (exact) mass is 246 g/mol. The molecule has 1 unspecified atom stereocenters. The summed E-state index contributed by atoms with van der Waals surface area (Å²) in [7, 11) is 0. The number of aliphatic hydroxyl groups is 1. The summed E-state index contributed by atoms with van der Waals surface area (Å²) in [6, 6.07) is 6.60. The molecular weight excluding hydrogens is 232 g/mol. The fourth-order valence-corrected chi connectivity index (χ4v) is 2.64. The van der Waals surface area contributed by atoms with Crippen LogP contribution in [0.4, 0.5) is 0 Å². The van der Waals surface area contributed by atoms with Crippen LogP contribution in [-0.4, -0.2) is 40.5 Å². The molecule has 3 rings (SSSR count). The molecule has 5 heteroatoms. The maximum Gasteiger partial charge on any atom is 0.248 e. The molecule has 2 aliphatic heterocycles. The average Bonchev–Trinajstić information content (AvgIpc) is 2.41. The Kier molecular flexibility index (Phi) is 2.56. The van der Waals surface area contributed by atoms with E-state index in [1.54, 1.807) is 4.90 Å². The van der Waals surface area contributed by atoms with Crippen molar-refractivity contribution in [2.45, 2.75) is 25.0 Å². The molecule has 1 aromatic rings. The van der Waals surface area contributed by atoms with Gasteiger partial charge in [-0.3, -0.25) is 9.59 Å². The molecule has 2 atom stereocenters. The lowest BCUT2D eigenvalue weighted by molar-refractivity contribution is -0.151. The first-order valence-corrected chi connectivity index (χ1v) is 5.99. The minimum atomic E-state index is -0.793. The second-order valence-electron chi connectivity index (χ2n) is 4.70. The summed E-state index contributed by atoms with van der Waals surface area (Å²) >= 11 is 0. The second kappa shape index (κ2) is 4.10. The Morgan fingerprint density at radius 2 is 2.00 bits per heavy atom. The number of rotatable bonds is 1. The molecule has 0 radical (unpaired) electrons. The van der Waals surface area contributed by atoms with Gasteiger partial charge in [-0.2, -0.15) is 0 Å². The second-order valence-corrected chi connectivity index (χ2v) is 4.70. The number of aliphatic hydroxyl groups excluding tert-OH is 1. The number of carbonyl (C=O) groups excluding carboxylic acids is 2. The lowest BCUT2D eigenvalue weighted by Gasteiger charge is -2.41. The molecule has 2 amide bonds. The normalized spacial score (nSPS) is 26.4. The molecular formula is C13H14N2O3. The van der Waals surface area contributed by atoms with E-state index in [4.69, 9.17) is 5.11 Å². The predicted molar refractivity (Wildman–Crippen MR) is 63.5 cm³/mol. The number of amides is 2. The summed E-state index contributed by atoms with van der Waals surface area (Å²) in [5, 5.41) is 11.7. The van der Waals surface area contributed by atoms with Crippen LogP contribution in [0.5, 0.6) is 0 Å². The molecule has 0 aromatic heterocycles. The predicted octanol–water partition coefficient (Wildman–Crippen LogP) is -0.569. The number of nitrogens with zero attached hydrogens (tertiary/aromatic N) is 1. The van der Waals surface area contributed by atoms with Gasteiger partial charge in [0.1, 0.15) is 12.1 Å². The molecule has 1 fully saturated rings. The highest BCUT2D eigenvalue weighted by Crippen LogP contribution is 2.26. The molecule has 18 heavy (non-hydrogen) atoms. The summed E-state index contributed by atoms with van der Waals surface area (Å²) < 4.78 is 0. The lowest BCUT2D eigenvalue weighted by atomic mass is 9.91. The molecule has 1 aromatic carbocycles. The molecule has 0 spiro atoms. The van der Waals surface area contributed by atoms with E-state index >= 15 is 0 Å². The number of hydrogen-bond donors (Lipinski definition) is 2. The molecule has 0 saturated carbocycles. The zero-order chi connectivity index (χ0) is 12.7. The molecule has 2 heterocycles. The topological polar surface area (TPSA) is 69.6 Å². The van der Waals surface area contributed by atoms with Gasteiger partial charge in [-0.15, -0.1) is 0 Å². The highest BCUT2D eigenvalue weighted by atomic mass is 16.3. The third kappa shape index (κ3) is 1.59. The van der Waals surface area contributed by atoms with Crippen molar-refractivity contribution in [3.63, 3.8) is 0 Å². The summed E-state index contributed by atoms with van der Waals surface area (Å²) in [6.07, 6.45) is 0.548. The molecule has 2 N–H and O–H groups in total. The smallest absolute Gasteiger partial charge is 0.248 e. The first-order chi connectivity index (χ1) is 8.70. The third-order valence-electron chi connectivity index (χ3n) is 3.63. The molecule has 0 aliphatic carbocycles. The van der Waals surface area contributed by atoms with Crippen LogP contribution in [-0.2, 0) is 22.6 Å². The largest absolute Gasteiger partial charge is 0.394 e. The van der Waals surface area contributed by atoms with Crippen molar-refractivity contribution < 1.29 is 14.7 Å². The van der Waals surface area contributed by atoms with Crippen molar-refractivity contribution in [3.8, 4) is 0 Å². The Balaban J connectivity index is 1.96. The first-order valence-electron chi connectivity index (χ1n) is 5.99. The highest BCUT2D eigenvalue weighted by Gasteiger charge is 2.42. The van der Waals surface area contributed by atoms with Gasteiger partial charge in [0.05, 0.1) is 6.61 Å². The van der Waals surface area contributed by atoms with Gasteiger partial charge < -0.3 is 15.3 Å². The summed E-state index contributed by atoms with van der Waals surface area (Å²) in [4.78, 5) is 25.6. The van der Waals surface area contributed by atoms with Crippen LogP contribution in [0.3, 0.4) is 0 Å². The summed E-state index contributed by atoms with van der Waals surface area (Å²) in [6.45, 7) is 0.0963. The van der Waals surface area contributed by atoms with Crippen LogP contribution in [0.2, 0.25) is 0 Å². The Labute approximate surface area is 104 Å². The fraction of sp³-hybridized carbons (Fsp3) is 0.385. The van der Waals surface area contributed by atoms with E-state index in [0.717, 1.165) is 11.1 Å². The van der Waals surface area contributed by atoms with Gasteiger partial charge in [0, 0.05) is 13.0 Å². The third-order valence-corrected chi connectivity index (χ3v) is 3.63. The number of carbonyl (C=O) groups is 2. The average molecular weight is 246 g/mol. The van der Waals surface area contributed by atoms with Crippen LogP contribution < -0.4 is 5.32 Å². The van der Waals surface area contributed by atoms with Crippen molar-refractivity contribution in [1.29, 1.82) is 0 Å². The zero-order valence-electron chi connectivity index (χ0n) is 9.80. The van der Waals surface area contributed by atoms with Crippen LogP contribution in [0.25, 0.3) is 0 Å². The Morgan fingerprint density at radius 3 is 2.72 bits per heavy atom. The van der Waals surface area contributed by atoms with E-state index in [-0.39, 0.29) is 18.4 Å². The zero-order valence-corrected chi connectivity index (χ0v) is 9.80. The van der Waals surface area contributed by atoms with E-state index in [0.29, 0.717) is 13.0 Å². The Hall–Kier alpha value is -1.88. The minimum Gasteiger partial charge on any atom is -0.394 e. The molecule has 5 nitrogen and oxygen atoms in total. The van der Waals surface area contributed by atoms with Crippen molar-refractivity contribution >= 4 is 11.8 Å². The van der Waals surface area contributed by atoms with Gasteiger partial charge >= 0.3 is 0 Å². The SMILES string of the molecule is O=C1N[C@@H](CO)C(=O)N2Cc3ccccc3CC12. The standard InChI is InChI=1S/C13H14N2O3/c16-7-10-13(18)15-6-9-4-2-1-3-8(9)5-11(15)12(17)14-10/h1-4,10-11,16H,5-7H2,(H,14,17)/t10-,11?/m0/s1. The van der Waals surface area contributed by atoms with E-state index < -0.39 is 12.1 Å². The van der Waals surface area contributed by atoms with Crippen LogP contribution in [0.1, 0.15) is 11.1 Å². The molecule has 2 aliphatic rings. The number of piperazine rings is 1. The van der Waals surface area contributed by atoms with Crippen LogP contribution in [0.15, 0.2) is 24.3 Å². The quantitative estimate of drug-likeness (QED) is 0.697. The minimum absolute atomic E-state index is 0.178. The lowest BCUT2D eigenvalue weighted by Crippen LogP contribution is -2.65. The van der Waals surface area contributed by atoms with Gasteiger partial charge in [0.15, 0.2) is 0 Å². The highest BCUT2D eigenvalue weighted by molar-refractivity contribution is 5.97. The van der Waals surface area contributed by atoms with Crippen molar-refractivity contribution in [1.82, 2.24) is 10.2 Å². The van der Waals surface area contributed by atoms with E-state index in [2.05, 4.69) is 5.32 Å². The number of benzene rings is 1. The van der Waals surface area contributed by atoms with E-state index in [9.17, 15) is 9.59 Å². The van der Waals surface area contributed by atoms with Crippen molar-refractivity contribution in [2.75, 3.05) is 6.61 Å². The number of fused-ring (bicyclic) bond motifs is 2. The summed E-state index contributed by atoms with van der Waals surface area (Å²) in [5.41, 5.74) is 2.19. The first kappa shape index (κ1) is 11.2. The van der Waals surface area contributed by atoms with Gasteiger partial charge in [-0.05, 0) is 11.1 Å². The molecule has 0 bridgehead atoms. The van der Waals surface area contributed by atoms with Gasteiger partial charge in [-0.25, -0.2) is 0 Å². The van der Waals surface area contributed by atoms with Crippen LogP contribution in [0, 0.1) is 0 Å². The number of hydrogen-bond acceptors (Lipinski definition) is 3. The van der Waals surface area contributed by atoms with Crippen LogP contribution >= 0.6 is 0 Å². The Morgan fingerprint density at radius 1 is 1.28 bits per heavy atom. The molecule has 94 valence electrons. The Bertz CT molecular complexity index is 515. The van der Waals surface area contributed by atoms with Gasteiger partial charge in [0.2, 0.25) is 11.8 Å². The fourth-order valence-electron chi connectivity index (χ4n) is 2.64. The molecule has 1 saturated heterocycles. The maximum absolute atomic E-state index is 12.1. The van der Waals surface area contributed by atoms with Gasteiger partial charge in [0.25, 0.3) is 0 Å². The van der Waals surface area contributed by atoms with E-state index in [1.165, 1.54) is 0 Å². The number of nitrogens with one attached hydrogen (secondary N) is 1. The van der Waals surface area contributed by atoms with Crippen molar-refractivity contribution in [2.24, 2.45) is 0 Å². The van der Waals surface area contributed by atoms with E-state index in [1.807, 2.05) is 24.3 Å². The maximum atomic E-state index is 12.1. The summed E-state index contributed by atoms with van der Waals surface area (Å²) in [5.74, 6) is -0.375.